The Bertz CT molecular complexity index is 815. The molecule has 0 fully saturated rings. The van der Waals surface area contributed by atoms with Gasteiger partial charge in [-0.25, -0.2) is 0 Å². The van der Waals surface area contributed by atoms with Crippen LogP contribution in [0.5, 0.6) is 0 Å². The van der Waals surface area contributed by atoms with E-state index in [1.54, 1.807) is 0 Å². The Morgan fingerprint density at radius 1 is 0.952 bits per heavy atom. The van der Waals surface area contributed by atoms with Crippen LogP contribution in [0.1, 0.15) is 21.5 Å². The fourth-order valence-corrected chi connectivity index (χ4v) is 2.80. The van der Waals surface area contributed by atoms with Gasteiger partial charge in [-0.2, -0.15) is 0 Å². The van der Waals surface area contributed by atoms with E-state index in [9.17, 15) is 4.79 Å². The summed E-state index contributed by atoms with van der Waals surface area (Å²) >= 11 is 6.10. The predicted octanol–water partition coefficient (Wildman–Crippen LogP) is 5.23. The van der Waals surface area contributed by atoms with Gasteiger partial charge in [-0.1, -0.05) is 66.2 Å². The summed E-state index contributed by atoms with van der Waals surface area (Å²) in [5, 5.41) is 2.93. The summed E-state index contributed by atoms with van der Waals surface area (Å²) in [4.78, 5) is 12.6. The van der Waals surface area contributed by atoms with Gasteiger partial charge in [-0.15, -0.1) is 0 Å². The van der Waals surface area contributed by atoms with Gasteiger partial charge in [0.05, 0.1) is 0 Å². The Labute approximate surface area is 129 Å². The van der Waals surface area contributed by atoms with Crippen LogP contribution in [0.2, 0.25) is 5.02 Å². The SMILES string of the molecule is Cc1c(Cl)cccc1C(=O)Cc1cccc2ccccc12. The van der Waals surface area contributed by atoms with Gasteiger partial charge in [-0.3, -0.25) is 4.79 Å². The molecule has 0 N–H and O–H groups in total. The molecule has 1 nitrogen and oxygen atoms in total. The van der Waals surface area contributed by atoms with Crippen molar-refractivity contribution in [1.82, 2.24) is 0 Å². The molecule has 104 valence electrons. The number of fused-ring (bicyclic) bond motifs is 1. The molecule has 21 heavy (non-hydrogen) atoms. The minimum Gasteiger partial charge on any atom is -0.294 e. The van der Waals surface area contributed by atoms with Gasteiger partial charge in [0, 0.05) is 17.0 Å². The molecule has 0 heterocycles. The van der Waals surface area contributed by atoms with Crippen LogP contribution in [0.25, 0.3) is 10.8 Å². The number of Topliss-reactive ketones (excluding diaryl/α,β-unsaturated/α-hetero) is 1. The lowest BCUT2D eigenvalue weighted by molar-refractivity contribution is 0.0992. The molecule has 0 atom stereocenters. The van der Waals surface area contributed by atoms with Gasteiger partial charge >= 0.3 is 0 Å². The highest BCUT2D eigenvalue weighted by Gasteiger charge is 2.13. The second-order valence-corrected chi connectivity index (χ2v) is 5.56. The van der Waals surface area contributed by atoms with Gasteiger partial charge in [0.1, 0.15) is 0 Å². The average Bonchev–Trinajstić information content (AvgIpc) is 2.50. The van der Waals surface area contributed by atoms with Crippen molar-refractivity contribution in [2.75, 3.05) is 0 Å². The highest BCUT2D eigenvalue weighted by molar-refractivity contribution is 6.31. The van der Waals surface area contributed by atoms with Crippen molar-refractivity contribution in [3.8, 4) is 0 Å². The minimum absolute atomic E-state index is 0.103. The quantitative estimate of drug-likeness (QED) is 0.605. The highest BCUT2D eigenvalue weighted by Crippen LogP contribution is 2.23. The Hall–Kier alpha value is -2.12. The van der Waals surface area contributed by atoms with Crippen molar-refractivity contribution in [1.29, 1.82) is 0 Å². The molecule has 0 aliphatic rings. The summed E-state index contributed by atoms with van der Waals surface area (Å²) in [7, 11) is 0. The number of halogens is 1. The van der Waals surface area contributed by atoms with Crippen LogP contribution in [0, 0.1) is 6.92 Å². The van der Waals surface area contributed by atoms with Gasteiger partial charge in [-0.05, 0) is 34.9 Å². The zero-order valence-corrected chi connectivity index (χ0v) is 12.5. The van der Waals surface area contributed by atoms with Crippen molar-refractivity contribution in [3.63, 3.8) is 0 Å². The lowest BCUT2D eigenvalue weighted by Crippen LogP contribution is -2.06. The van der Waals surface area contributed by atoms with E-state index < -0.39 is 0 Å². The molecule has 0 saturated heterocycles. The van der Waals surface area contributed by atoms with E-state index in [1.807, 2.05) is 49.4 Å². The van der Waals surface area contributed by atoms with Crippen LogP contribution in [0.3, 0.4) is 0 Å². The Morgan fingerprint density at radius 2 is 1.67 bits per heavy atom. The van der Waals surface area contributed by atoms with Crippen LogP contribution < -0.4 is 0 Å². The van der Waals surface area contributed by atoms with Crippen molar-refractivity contribution >= 4 is 28.2 Å². The van der Waals surface area contributed by atoms with Crippen molar-refractivity contribution in [2.24, 2.45) is 0 Å². The summed E-state index contributed by atoms with van der Waals surface area (Å²) in [5.41, 5.74) is 2.61. The van der Waals surface area contributed by atoms with Crippen LogP contribution in [-0.4, -0.2) is 5.78 Å². The molecule has 3 aromatic rings. The number of benzene rings is 3. The standard InChI is InChI=1S/C19H15ClO/c1-13-16(10-5-11-18(13)20)19(21)12-15-8-4-7-14-6-2-3-9-17(14)15/h2-11H,12H2,1H3. The summed E-state index contributed by atoms with van der Waals surface area (Å²) in [6.45, 7) is 1.89. The number of carbonyl (C=O) groups is 1. The third kappa shape index (κ3) is 2.70. The molecule has 3 rings (SSSR count). The second kappa shape index (κ2) is 5.71. The highest BCUT2D eigenvalue weighted by atomic mass is 35.5. The predicted molar refractivity (Wildman–Crippen MR) is 88.2 cm³/mol. The van der Waals surface area contributed by atoms with Crippen molar-refractivity contribution in [3.05, 3.63) is 82.4 Å². The van der Waals surface area contributed by atoms with Gasteiger partial charge in [0.15, 0.2) is 5.78 Å². The zero-order chi connectivity index (χ0) is 14.8. The summed E-state index contributed by atoms with van der Waals surface area (Å²) in [5.74, 6) is 0.103. The van der Waals surface area contributed by atoms with Gasteiger partial charge < -0.3 is 0 Å². The van der Waals surface area contributed by atoms with Crippen LogP contribution in [0.4, 0.5) is 0 Å². The van der Waals surface area contributed by atoms with E-state index in [0.717, 1.165) is 21.9 Å². The lowest BCUT2D eigenvalue weighted by atomic mass is 9.96. The van der Waals surface area contributed by atoms with Gasteiger partial charge in [0.2, 0.25) is 0 Å². The molecule has 2 heteroatoms. The molecule has 0 spiro atoms. The maximum absolute atomic E-state index is 12.6. The second-order valence-electron chi connectivity index (χ2n) is 5.15. The molecular formula is C19H15ClO. The summed E-state index contributed by atoms with van der Waals surface area (Å²) < 4.78 is 0. The topological polar surface area (TPSA) is 17.1 Å². The molecule has 0 unspecified atom stereocenters. The van der Waals surface area contributed by atoms with Crippen LogP contribution in [-0.2, 0) is 6.42 Å². The van der Waals surface area contributed by atoms with Crippen molar-refractivity contribution in [2.45, 2.75) is 13.3 Å². The molecular weight excluding hydrogens is 280 g/mol. The van der Waals surface area contributed by atoms with E-state index >= 15 is 0 Å². The molecule has 0 aliphatic heterocycles. The summed E-state index contributed by atoms with van der Waals surface area (Å²) in [6.07, 6.45) is 0.391. The fraction of sp³-hybridized carbons (Fsp3) is 0.105. The maximum atomic E-state index is 12.6. The van der Waals surface area contributed by atoms with E-state index in [4.69, 9.17) is 11.6 Å². The van der Waals surface area contributed by atoms with E-state index in [2.05, 4.69) is 18.2 Å². The molecule has 0 amide bonds. The number of hydrogen-bond donors (Lipinski definition) is 0. The normalized spacial score (nSPS) is 10.8. The molecule has 0 saturated carbocycles. The Kier molecular flexibility index (Phi) is 3.76. The largest absolute Gasteiger partial charge is 0.294 e. The number of ketones is 1. The van der Waals surface area contributed by atoms with E-state index in [0.29, 0.717) is 17.0 Å². The van der Waals surface area contributed by atoms with Crippen LogP contribution >= 0.6 is 11.6 Å². The number of rotatable bonds is 3. The van der Waals surface area contributed by atoms with E-state index in [-0.39, 0.29) is 5.78 Å². The molecule has 0 aliphatic carbocycles. The number of carbonyl (C=O) groups excluding carboxylic acids is 1. The lowest BCUT2D eigenvalue weighted by Gasteiger charge is -2.09. The first kappa shape index (κ1) is 13.8. The first-order valence-electron chi connectivity index (χ1n) is 6.92. The minimum atomic E-state index is 0.103. The maximum Gasteiger partial charge on any atom is 0.167 e. The summed E-state index contributed by atoms with van der Waals surface area (Å²) in [6, 6.07) is 19.7. The third-order valence-corrected chi connectivity index (χ3v) is 4.21. The third-order valence-electron chi connectivity index (χ3n) is 3.80. The Balaban J connectivity index is 1.99. The Morgan fingerprint density at radius 3 is 2.52 bits per heavy atom. The fourth-order valence-electron chi connectivity index (χ4n) is 2.62. The van der Waals surface area contributed by atoms with Gasteiger partial charge in [0.25, 0.3) is 0 Å². The average molecular weight is 295 g/mol. The smallest absolute Gasteiger partial charge is 0.167 e. The molecule has 3 aromatic carbocycles. The molecule has 0 aromatic heterocycles. The monoisotopic (exact) mass is 294 g/mol. The number of hydrogen-bond acceptors (Lipinski definition) is 1. The van der Waals surface area contributed by atoms with Crippen molar-refractivity contribution < 1.29 is 4.79 Å². The molecule has 0 bridgehead atoms. The first-order chi connectivity index (χ1) is 10.2. The van der Waals surface area contributed by atoms with E-state index in [1.165, 1.54) is 0 Å². The first-order valence-corrected chi connectivity index (χ1v) is 7.29. The zero-order valence-electron chi connectivity index (χ0n) is 11.8. The molecule has 0 radical (unpaired) electrons. The van der Waals surface area contributed by atoms with Crippen LogP contribution in [0.15, 0.2) is 60.7 Å².